The van der Waals surface area contributed by atoms with Crippen LogP contribution in [0.15, 0.2) is 0 Å². The predicted octanol–water partition coefficient (Wildman–Crippen LogP) is 1.39. The number of amides is 1. The number of hydrogen-bond donors (Lipinski definition) is 2. The van der Waals surface area contributed by atoms with Gasteiger partial charge in [0, 0.05) is 17.3 Å². The first kappa shape index (κ1) is 12.8. The Kier molecular flexibility index (Phi) is 4.93. The van der Waals surface area contributed by atoms with Gasteiger partial charge in [0.15, 0.2) is 0 Å². The van der Waals surface area contributed by atoms with Gasteiger partial charge in [-0.1, -0.05) is 6.92 Å². The summed E-state index contributed by atoms with van der Waals surface area (Å²) < 4.78 is 0. The monoisotopic (exact) mass is 230 g/mol. The van der Waals surface area contributed by atoms with E-state index in [9.17, 15) is 4.79 Å². The van der Waals surface area contributed by atoms with Crippen LogP contribution in [0.3, 0.4) is 0 Å². The van der Waals surface area contributed by atoms with Crippen molar-refractivity contribution in [3.63, 3.8) is 0 Å². The lowest BCUT2D eigenvalue weighted by Gasteiger charge is -2.25. The number of nitrogens with one attached hydrogen (secondary N) is 2. The number of hydrogen-bond acceptors (Lipinski definition) is 3. The van der Waals surface area contributed by atoms with Crippen molar-refractivity contribution in [2.24, 2.45) is 0 Å². The zero-order valence-electron chi connectivity index (χ0n) is 9.93. The van der Waals surface area contributed by atoms with Gasteiger partial charge in [0.05, 0.1) is 6.54 Å². The van der Waals surface area contributed by atoms with Gasteiger partial charge in [-0.25, -0.2) is 0 Å². The molecule has 15 heavy (non-hydrogen) atoms. The minimum atomic E-state index is -0.0802. The van der Waals surface area contributed by atoms with E-state index in [1.54, 1.807) is 0 Å². The summed E-state index contributed by atoms with van der Waals surface area (Å²) in [5, 5.41) is 6.32. The van der Waals surface area contributed by atoms with E-state index in [0.717, 1.165) is 12.2 Å². The lowest BCUT2D eigenvalue weighted by atomic mass is 10.0. The Hall–Kier alpha value is -0.220. The van der Waals surface area contributed by atoms with E-state index >= 15 is 0 Å². The number of carbonyl (C=O) groups excluding carboxylic acids is 1. The molecule has 4 heteroatoms. The van der Waals surface area contributed by atoms with E-state index < -0.39 is 0 Å². The molecule has 1 aliphatic rings. The van der Waals surface area contributed by atoms with Gasteiger partial charge in [-0.15, -0.1) is 0 Å². The number of rotatable bonds is 5. The average molecular weight is 230 g/mol. The maximum Gasteiger partial charge on any atom is 0.234 e. The fraction of sp³-hybridized carbons (Fsp3) is 0.909. The molecule has 0 saturated carbocycles. The first-order chi connectivity index (χ1) is 7.03. The van der Waals surface area contributed by atoms with E-state index in [1.165, 1.54) is 12.2 Å². The van der Waals surface area contributed by atoms with Crippen molar-refractivity contribution in [3.05, 3.63) is 0 Å². The van der Waals surface area contributed by atoms with Crippen LogP contribution in [0.4, 0.5) is 0 Å². The molecule has 1 unspecified atom stereocenters. The predicted molar refractivity (Wildman–Crippen MR) is 66.2 cm³/mol. The second-order valence-electron chi connectivity index (χ2n) is 4.73. The van der Waals surface area contributed by atoms with Crippen molar-refractivity contribution in [1.82, 2.24) is 10.6 Å². The first-order valence-corrected chi connectivity index (χ1v) is 6.81. The fourth-order valence-corrected chi connectivity index (χ4v) is 2.63. The second kappa shape index (κ2) is 5.75. The Morgan fingerprint density at radius 1 is 1.53 bits per heavy atom. The first-order valence-electron chi connectivity index (χ1n) is 5.65. The van der Waals surface area contributed by atoms with Crippen molar-refractivity contribution < 1.29 is 4.79 Å². The molecule has 0 aliphatic carbocycles. The van der Waals surface area contributed by atoms with E-state index in [4.69, 9.17) is 0 Å². The molecule has 0 aromatic carbocycles. The minimum absolute atomic E-state index is 0.0802. The standard InChI is InChI=1S/C11H22N2OS/c1-4-11(2,3)13-10(14)7-12-9-5-6-15-8-9/h9,12H,4-8H2,1-3H3,(H,13,14). The van der Waals surface area contributed by atoms with Crippen LogP contribution in [0.25, 0.3) is 0 Å². The van der Waals surface area contributed by atoms with Crippen LogP contribution in [0.5, 0.6) is 0 Å². The molecule has 0 bridgehead atoms. The molecule has 1 amide bonds. The van der Waals surface area contributed by atoms with Crippen LogP contribution >= 0.6 is 11.8 Å². The number of thioether (sulfide) groups is 1. The molecular weight excluding hydrogens is 208 g/mol. The molecule has 1 atom stereocenters. The van der Waals surface area contributed by atoms with Gasteiger partial charge in [0.25, 0.3) is 0 Å². The highest BCUT2D eigenvalue weighted by Crippen LogP contribution is 2.16. The van der Waals surface area contributed by atoms with Crippen molar-refractivity contribution in [2.45, 2.75) is 45.2 Å². The molecule has 1 aliphatic heterocycles. The second-order valence-corrected chi connectivity index (χ2v) is 5.88. The van der Waals surface area contributed by atoms with Gasteiger partial charge < -0.3 is 10.6 Å². The van der Waals surface area contributed by atoms with E-state index in [-0.39, 0.29) is 11.4 Å². The van der Waals surface area contributed by atoms with E-state index in [1.807, 2.05) is 11.8 Å². The SMILES string of the molecule is CCC(C)(C)NC(=O)CNC1CCSC1. The summed E-state index contributed by atoms with van der Waals surface area (Å²) in [4.78, 5) is 11.6. The van der Waals surface area contributed by atoms with Crippen LogP contribution in [-0.2, 0) is 4.79 Å². The molecule has 1 fully saturated rings. The third kappa shape index (κ3) is 4.89. The summed E-state index contributed by atoms with van der Waals surface area (Å²) in [5.41, 5.74) is -0.0802. The summed E-state index contributed by atoms with van der Waals surface area (Å²) in [6.45, 7) is 6.64. The zero-order valence-corrected chi connectivity index (χ0v) is 10.7. The minimum Gasteiger partial charge on any atom is -0.350 e. The van der Waals surface area contributed by atoms with Crippen molar-refractivity contribution in [3.8, 4) is 0 Å². The van der Waals surface area contributed by atoms with Gasteiger partial charge >= 0.3 is 0 Å². The highest BCUT2D eigenvalue weighted by molar-refractivity contribution is 7.99. The van der Waals surface area contributed by atoms with Gasteiger partial charge in [0.1, 0.15) is 0 Å². The average Bonchev–Trinajstić information content (AvgIpc) is 2.66. The summed E-state index contributed by atoms with van der Waals surface area (Å²) in [6, 6.07) is 0.533. The van der Waals surface area contributed by atoms with E-state index in [0.29, 0.717) is 12.6 Å². The summed E-state index contributed by atoms with van der Waals surface area (Å²) in [6.07, 6.45) is 2.15. The third-order valence-corrected chi connectivity index (χ3v) is 4.01. The Balaban J connectivity index is 2.18. The van der Waals surface area contributed by atoms with Crippen LogP contribution in [0.2, 0.25) is 0 Å². The van der Waals surface area contributed by atoms with Crippen LogP contribution in [0, 0.1) is 0 Å². The van der Waals surface area contributed by atoms with Crippen molar-refractivity contribution in [1.29, 1.82) is 0 Å². The maximum absolute atomic E-state index is 11.6. The van der Waals surface area contributed by atoms with Crippen molar-refractivity contribution >= 4 is 17.7 Å². The Morgan fingerprint density at radius 2 is 2.27 bits per heavy atom. The topological polar surface area (TPSA) is 41.1 Å². The lowest BCUT2D eigenvalue weighted by Crippen LogP contribution is -2.48. The summed E-state index contributed by atoms with van der Waals surface area (Å²) >= 11 is 1.96. The smallest absolute Gasteiger partial charge is 0.234 e. The summed E-state index contributed by atoms with van der Waals surface area (Å²) in [7, 11) is 0. The highest BCUT2D eigenvalue weighted by Gasteiger charge is 2.19. The highest BCUT2D eigenvalue weighted by atomic mass is 32.2. The van der Waals surface area contributed by atoms with Gasteiger partial charge in [0.2, 0.25) is 5.91 Å². The third-order valence-electron chi connectivity index (χ3n) is 2.84. The molecule has 88 valence electrons. The van der Waals surface area contributed by atoms with Crippen LogP contribution in [-0.4, -0.2) is 35.5 Å². The molecule has 1 rings (SSSR count). The Labute approximate surface area is 96.8 Å². The molecule has 2 N–H and O–H groups in total. The molecule has 0 aromatic rings. The van der Waals surface area contributed by atoms with Gasteiger partial charge in [-0.05, 0) is 32.4 Å². The largest absolute Gasteiger partial charge is 0.350 e. The molecule has 3 nitrogen and oxygen atoms in total. The molecule has 1 heterocycles. The van der Waals surface area contributed by atoms with Crippen molar-refractivity contribution in [2.75, 3.05) is 18.1 Å². The Morgan fingerprint density at radius 3 is 2.80 bits per heavy atom. The molecule has 0 spiro atoms. The zero-order chi connectivity index (χ0) is 11.3. The molecular formula is C11H22N2OS. The fourth-order valence-electron chi connectivity index (χ4n) is 1.44. The molecule has 0 aromatic heterocycles. The van der Waals surface area contributed by atoms with Crippen LogP contribution < -0.4 is 10.6 Å². The van der Waals surface area contributed by atoms with Gasteiger partial charge in [-0.3, -0.25) is 4.79 Å². The molecule has 1 saturated heterocycles. The van der Waals surface area contributed by atoms with Crippen LogP contribution in [0.1, 0.15) is 33.6 Å². The van der Waals surface area contributed by atoms with Gasteiger partial charge in [-0.2, -0.15) is 11.8 Å². The Bertz CT molecular complexity index is 213. The quantitative estimate of drug-likeness (QED) is 0.750. The summed E-state index contributed by atoms with van der Waals surface area (Å²) in [5.74, 6) is 2.48. The normalized spacial score (nSPS) is 21.7. The van der Waals surface area contributed by atoms with E-state index in [2.05, 4.69) is 31.4 Å². The molecule has 0 radical (unpaired) electrons. The lowest BCUT2D eigenvalue weighted by molar-refractivity contribution is -0.121. The number of carbonyl (C=O) groups is 1. The maximum atomic E-state index is 11.6.